The fourth-order valence-electron chi connectivity index (χ4n) is 3.16. The van der Waals surface area contributed by atoms with Crippen LogP contribution in [-0.4, -0.2) is 38.4 Å². The lowest BCUT2D eigenvalue weighted by molar-refractivity contribution is -0.147. The van der Waals surface area contributed by atoms with Gasteiger partial charge >= 0.3 is 17.9 Å². The smallest absolute Gasteiger partial charge is 0.324 e. The molecule has 2 heterocycles. The summed E-state index contributed by atoms with van der Waals surface area (Å²) in [7, 11) is 1.05. The van der Waals surface area contributed by atoms with Gasteiger partial charge in [-0.2, -0.15) is 13.2 Å². The van der Waals surface area contributed by atoms with Gasteiger partial charge in [-0.3, -0.25) is 4.57 Å². The first-order chi connectivity index (χ1) is 12.7. The summed E-state index contributed by atoms with van der Waals surface area (Å²) in [6, 6.07) is 6.63. The molecule has 0 saturated carbocycles. The minimum absolute atomic E-state index is 0.271. The van der Waals surface area contributed by atoms with E-state index in [4.69, 9.17) is 0 Å². The summed E-state index contributed by atoms with van der Waals surface area (Å²) in [5.41, 5.74) is 0.839. The number of alkyl halides is 3. The van der Waals surface area contributed by atoms with Crippen LogP contribution in [-0.2, 0) is 13.2 Å². The number of para-hydroxylation sites is 1. The van der Waals surface area contributed by atoms with Crippen molar-refractivity contribution >= 4 is 11.7 Å². The third kappa shape index (κ3) is 3.83. The lowest BCUT2D eigenvalue weighted by atomic mass is 10.1. The van der Waals surface area contributed by atoms with Crippen molar-refractivity contribution < 1.29 is 18.0 Å². The first-order valence-electron chi connectivity index (χ1n) is 8.52. The molecule has 1 aliphatic heterocycles. The average molecular weight is 383 g/mol. The van der Waals surface area contributed by atoms with Gasteiger partial charge in [0.25, 0.3) is 0 Å². The minimum atomic E-state index is -4.69. The van der Waals surface area contributed by atoms with Crippen molar-refractivity contribution in [3.8, 4) is 0 Å². The average Bonchev–Trinajstić information content (AvgIpc) is 2.92. The van der Waals surface area contributed by atoms with Crippen molar-refractivity contribution in [2.45, 2.75) is 32.0 Å². The number of amides is 2. The standard InChI is InChI=1S/C17H20F3N5O2/c1-11-5-3-4-6-13(11)21-15(26)24-9-7-12(8-10-24)25-16(27)23(2)14(22-25)17(18,19)20/h3-6,12H,7-10H2,1-2H3,(H,21,26). The summed E-state index contributed by atoms with van der Waals surface area (Å²) < 4.78 is 40.2. The zero-order valence-corrected chi connectivity index (χ0v) is 15.0. The van der Waals surface area contributed by atoms with Crippen LogP contribution in [0.2, 0.25) is 0 Å². The Labute approximate surface area is 153 Å². The van der Waals surface area contributed by atoms with Gasteiger partial charge in [0.15, 0.2) is 0 Å². The van der Waals surface area contributed by atoms with E-state index in [1.807, 2.05) is 25.1 Å². The Bertz CT molecular complexity index is 895. The number of halogens is 3. The van der Waals surface area contributed by atoms with Crippen LogP contribution in [0.5, 0.6) is 0 Å². The Hall–Kier alpha value is -2.78. The van der Waals surface area contributed by atoms with Crippen molar-refractivity contribution in [2.24, 2.45) is 7.05 Å². The van der Waals surface area contributed by atoms with Crippen LogP contribution < -0.4 is 11.0 Å². The summed E-state index contributed by atoms with van der Waals surface area (Å²) in [6.45, 7) is 2.53. The van der Waals surface area contributed by atoms with E-state index in [0.717, 1.165) is 17.3 Å². The molecule has 1 N–H and O–H groups in total. The normalized spacial score (nSPS) is 15.8. The number of hydrogen-bond donors (Lipinski definition) is 1. The molecule has 0 spiro atoms. The van der Waals surface area contributed by atoms with Crippen molar-refractivity contribution in [2.75, 3.05) is 18.4 Å². The molecule has 1 saturated heterocycles. The molecule has 2 amide bonds. The van der Waals surface area contributed by atoms with Crippen LogP contribution in [0.25, 0.3) is 0 Å². The van der Waals surface area contributed by atoms with Crippen LogP contribution in [0.1, 0.15) is 30.3 Å². The summed E-state index contributed by atoms with van der Waals surface area (Å²) in [5.74, 6) is -1.22. The quantitative estimate of drug-likeness (QED) is 0.867. The van der Waals surface area contributed by atoms with Gasteiger partial charge in [0, 0.05) is 25.8 Å². The highest BCUT2D eigenvalue weighted by Gasteiger charge is 2.39. The third-order valence-corrected chi connectivity index (χ3v) is 4.74. The van der Waals surface area contributed by atoms with Crippen molar-refractivity contribution in [3.63, 3.8) is 0 Å². The Morgan fingerprint density at radius 1 is 1.22 bits per heavy atom. The largest absolute Gasteiger partial charge is 0.451 e. The number of aromatic nitrogens is 3. The maximum absolute atomic E-state index is 12.9. The molecule has 0 radical (unpaired) electrons. The highest BCUT2D eigenvalue weighted by molar-refractivity contribution is 5.90. The molecular formula is C17H20F3N5O2. The van der Waals surface area contributed by atoms with E-state index in [1.54, 1.807) is 11.0 Å². The van der Waals surface area contributed by atoms with Gasteiger partial charge in [-0.25, -0.2) is 14.3 Å². The Morgan fingerprint density at radius 2 is 1.85 bits per heavy atom. The highest BCUT2D eigenvalue weighted by Crippen LogP contribution is 2.28. The molecule has 1 fully saturated rings. The number of anilines is 1. The van der Waals surface area contributed by atoms with Gasteiger partial charge in [0.05, 0.1) is 6.04 Å². The highest BCUT2D eigenvalue weighted by atomic mass is 19.4. The predicted molar refractivity (Wildman–Crippen MR) is 92.5 cm³/mol. The minimum Gasteiger partial charge on any atom is -0.324 e. The van der Waals surface area contributed by atoms with Gasteiger partial charge in [-0.05, 0) is 31.4 Å². The van der Waals surface area contributed by atoms with Crippen LogP contribution in [0, 0.1) is 6.92 Å². The molecule has 0 unspecified atom stereocenters. The number of likely N-dealkylation sites (tertiary alicyclic amines) is 1. The fraction of sp³-hybridized carbons (Fsp3) is 0.471. The van der Waals surface area contributed by atoms with Gasteiger partial charge in [0.2, 0.25) is 5.82 Å². The molecule has 3 rings (SSSR count). The lowest BCUT2D eigenvalue weighted by Crippen LogP contribution is -2.43. The van der Waals surface area contributed by atoms with Gasteiger partial charge in [-0.1, -0.05) is 18.2 Å². The number of carbonyl (C=O) groups excluding carboxylic acids is 1. The number of benzene rings is 1. The maximum atomic E-state index is 12.9. The first-order valence-corrected chi connectivity index (χ1v) is 8.52. The fourth-order valence-corrected chi connectivity index (χ4v) is 3.16. The molecule has 1 aromatic carbocycles. The van der Waals surface area contributed by atoms with Crippen molar-refractivity contribution in [3.05, 3.63) is 46.1 Å². The second-order valence-electron chi connectivity index (χ2n) is 6.57. The van der Waals surface area contributed by atoms with Crippen molar-refractivity contribution in [1.29, 1.82) is 0 Å². The maximum Gasteiger partial charge on any atom is 0.451 e. The molecule has 7 nitrogen and oxygen atoms in total. The summed E-state index contributed by atoms with van der Waals surface area (Å²) in [6.07, 6.45) is -3.97. The van der Waals surface area contributed by atoms with Gasteiger partial charge in [0.1, 0.15) is 0 Å². The second-order valence-corrected chi connectivity index (χ2v) is 6.57. The number of aryl methyl sites for hydroxylation is 1. The zero-order valence-electron chi connectivity index (χ0n) is 15.0. The van der Waals surface area contributed by atoms with Crippen LogP contribution in [0.3, 0.4) is 0 Å². The number of hydrogen-bond acceptors (Lipinski definition) is 3. The zero-order chi connectivity index (χ0) is 19.8. The van der Waals surface area contributed by atoms with Gasteiger partial charge < -0.3 is 10.2 Å². The number of carbonyl (C=O) groups is 1. The van der Waals surface area contributed by atoms with E-state index >= 15 is 0 Å². The van der Waals surface area contributed by atoms with Gasteiger partial charge in [-0.15, -0.1) is 5.10 Å². The van der Waals surface area contributed by atoms with Crippen molar-refractivity contribution in [1.82, 2.24) is 19.2 Å². The molecule has 0 atom stereocenters. The topological polar surface area (TPSA) is 72.2 Å². The molecule has 1 aromatic heterocycles. The van der Waals surface area contributed by atoms with E-state index < -0.39 is 23.7 Å². The molecule has 10 heteroatoms. The molecule has 146 valence electrons. The van der Waals surface area contributed by atoms with Crippen LogP contribution in [0.4, 0.5) is 23.7 Å². The van der Waals surface area contributed by atoms with E-state index in [1.165, 1.54) is 0 Å². The van der Waals surface area contributed by atoms with Crippen LogP contribution >= 0.6 is 0 Å². The van der Waals surface area contributed by atoms with E-state index in [9.17, 15) is 22.8 Å². The molecule has 2 aromatic rings. The monoisotopic (exact) mass is 383 g/mol. The summed E-state index contributed by atoms with van der Waals surface area (Å²) >= 11 is 0. The molecule has 1 aliphatic rings. The Kier molecular flexibility index (Phi) is 4.99. The van der Waals surface area contributed by atoms with E-state index in [0.29, 0.717) is 36.2 Å². The number of rotatable bonds is 2. The number of piperidine rings is 1. The summed E-state index contributed by atoms with van der Waals surface area (Å²) in [4.78, 5) is 26.1. The number of nitrogens with zero attached hydrogens (tertiary/aromatic N) is 4. The number of nitrogens with one attached hydrogen (secondary N) is 1. The van der Waals surface area contributed by atoms with E-state index in [2.05, 4.69) is 10.4 Å². The SMILES string of the molecule is Cc1ccccc1NC(=O)N1CCC(n2nc(C(F)(F)F)n(C)c2=O)CC1. The van der Waals surface area contributed by atoms with Crippen LogP contribution in [0.15, 0.2) is 29.1 Å². The molecular weight excluding hydrogens is 363 g/mol. The third-order valence-electron chi connectivity index (χ3n) is 4.74. The Morgan fingerprint density at radius 3 is 2.41 bits per heavy atom. The molecule has 0 aliphatic carbocycles. The first kappa shape index (κ1) is 19.0. The molecule has 27 heavy (non-hydrogen) atoms. The molecule has 0 bridgehead atoms. The second kappa shape index (κ2) is 7.09. The van der Waals surface area contributed by atoms with E-state index in [-0.39, 0.29) is 6.03 Å². The lowest BCUT2D eigenvalue weighted by Gasteiger charge is -2.31. The summed E-state index contributed by atoms with van der Waals surface area (Å²) in [5, 5.41) is 6.31. The predicted octanol–water partition coefficient (Wildman–Crippen LogP) is 2.78. The Balaban J connectivity index is 1.67. The number of urea groups is 1.